The zero-order valence-corrected chi connectivity index (χ0v) is 17.5. The van der Waals surface area contributed by atoms with Gasteiger partial charge in [-0.25, -0.2) is 4.98 Å². The second kappa shape index (κ2) is 7.38. The molecule has 2 bridgehead atoms. The lowest BCUT2D eigenvalue weighted by Gasteiger charge is -2.42. The van der Waals surface area contributed by atoms with Crippen LogP contribution in [0.25, 0.3) is 0 Å². The Morgan fingerprint density at radius 1 is 1.24 bits per heavy atom. The number of nitrogens with one attached hydrogen (secondary N) is 1. The molecule has 5 heterocycles. The minimum atomic E-state index is 0.156. The number of hydrogen-bond acceptors (Lipinski definition) is 7. The summed E-state index contributed by atoms with van der Waals surface area (Å²) in [6, 6.07) is 4.17. The van der Waals surface area contributed by atoms with Gasteiger partial charge in [-0.1, -0.05) is 17.4 Å². The molecule has 9 heteroatoms. The van der Waals surface area contributed by atoms with Crippen molar-refractivity contribution in [3.8, 4) is 0 Å². The Morgan fingerprint density at radius 3 is 2.90 bits per heavy atom. The number of imidazole rings is 1. The Hall–Kier alpha value is -2.52. The molecule has 0 amide bonds. The van der Waals surface area contributed by atoms with Gasteiger partial charge < -0.3 is 14.5 Å². The maximum absolute atomic E-state index is 13.2. The number of fused-ring (bicyclic) bond motifs is 4. The van der Waals surface area contributed by atoms with Crippen LogP contribution in [0.3, 0.4) is 0 Å². The van der Waals surface area contributed by atoms with Crippen LogP contribution in [-0.4, -0.2) is 49.8 Å². The zero-order chi connectivity index (χ0) is 20.0. The summed E-state index contributed by atoms with van der Waals surface area (Å²) in [6.45, 7) is 5.93. The van der Waals surface area contributed by atoms with E-state index in [2.05, 4.69) is 36.0 Å². The molecule has 0 aliphatic carbocycles. The van der Waals surface area contributed by atoms with Crippen molar-refractivity contribution in [3.63, 3.8) is 0 Å². The number of H-pyrrole nitrogens is 1. The summed E-state index contributed by atoms with van der Waals surface area (Å²) in [4.78, 5) is 25.1. The van der Waals surface area contributed by atoms with Crippen LogP contribution in [0.15, 0.2) is 29.3 Å². The molecular weight excluding hydrogens is 386 g/mol. The highest BCUT2D eigenvalue weighted by molar-refractivity contribution is 7.15. The van der Waals surface area contributed by atoms with Crippen LogP contribution in [0, 0.1) is 12.8 Å². The van der Waals surface area contributed by atoms with Crippen LogP contribution >= 0.6 is 11.3 Å². The van der Waals surface area contributed by atoms with Crippen molar-refractivity contribution in [2.24, 2.45) is 5.92 Å². The molecule has 1 N–H and O–H groups in total. The summed E-state index contributed by atoms with van der Waals surface area (Å²) in [6.07, 6.45) is 4.72. The first-order chi connectivity index (χ1) is 14.1. The number of piperidine rings is 1. The molecule has 5 rings (SSSR count). The van der Waals surface area contributed by atoms with Crippen molar-refractivity contribution >= 4 is 16.5 Å². The fourth-order valence-corrected chi connectivity index (χ4v) is 5.37. The maximum atomic E-state index is 13.2. The van der Waals surface area contributed by atoms with Gasteiger partial charge in [-0.05, 0) is 32.4 Å². The van der Waals surface area contributed by atoms with Gasteiger partial charge in [0, 0.05) is 55.7 Å². The third-order valence-corrected chi connectivity index (χ3v) is 6.78. The lowest BCUT2D eigenvalue weighted by molar-refractivity contribution is 0.276. The first kappa shape index (κ1) is 18.5. The number of rotatable bonds is 5. The molecule has 2 atom stereocenters. The molecular formula is C20H25N7OS. The van der Waals surface area contributed by atoms with Gasteiger partial charge in [0.25, 0.3) is 5.56 Å². The van der Waals surface area contributed by atoms with Gasteiger partial charge in [0.15, 0.2) is 0 Å². The summed E-state index contributed by atoms with van der Waals surface area (Å²) < 4.78 is 2.03. The van der Waals surface area contributed by atoms with E-state index in [-0.39, 0.29) is 5.56 Å². The zero-order valence-electron chi connectivity index (χ0n) is 16.7. The summed E-state index contributed by atoms with van der Waals surface area (Å²) in [5.74, 6) is 1.75. The summed E-state index contributed by atoms with van der Waals surface area (Å²) in [5.41, 5.74) is 2.16. The molecule has 1 saturated heterocycles. The van der Waals surface area contributed by atoms with Crippen molar-refractivity contribution in [2.75, 3.05) is 25.0 Å². The van der Waals surface area contributed by atoms with Crippen LogP contribution < -0.4 is 10.5 Å². The lowest BCUT2D eigenvalue weighted by atomic mass is 9.83. The van der Waals surface area contributed by atoms with Gasteiger partial charge in [0.2, 0.25) is 5.13 Å². The first-order valence-corrected chi connectivity index (χ1v) is 10.8. The van der Waals surface area contributed by atoms with Crippen LogP contribution in [0.4, 0.5) is 5.13 Å². The molecule has 3 aromatic rings. The minimum Gasteiger partial charge on any atom is -0.348 e. The Kier molecular flexibility index (Phi) is 4.71. The Bertz CT molecular complexity index is 1060. The van der Waals surface area contributed by atoms with Crippen LogP contribution in [0.1, 0.15) is 34.4 Å². The third-order valence-electron chi connectivity index (χ3n) is 5.88. The van der Waals surface area contributed by atoms with E-state index >= 15 is 0 Å². The third kappa shape index (κ3) is 3.60. The number of anilines is 1. The van der Waals surface area contributed by atoms with Crippen molar-refractivity contribution in [1.29, 1.82) is 0 Å². The molecule has 0 saturated carbocycles. The van der Waals surface area contributed by atoms with Crippen molar-refractivity contribution in [3.05, 3.63) is 57.0 Å². The minimum absolute atomic E-state index is 0.156. The highest BCUT2D eigenvalue weighted by Gasteiger charge is 2.36. The van der Waals surface area contributed by atoms with Gasteiger partial charge in [-0.15, -0.1) is 10.2 Å². The number of aryl methyl sites for hydroxylation is 1. The number of hydrogen-bond donors (Lipinski definition) is 1. The second-order valence-electron chi connectivity index (χ2n) is 8.21. The van der Waals surface area contributed by atoms with Crippen molar-refractivity contribution < 1.29 is 0 Å². The molecule has 152 valence electrons. The van der Waals surface area contributed by atoms with Crippen LogP contribution in [0.5, 0.6) is 0 Å². The number of aromatic amines is 1. The lowest BCUT2D eigenvalue weighted by Crippen LogP contribution is -2.47. The average molecular weight is 412 g/mol. The van der Waals surface area contributed by atoms with Crippen LogP contribution in [0.2, 0.25) is 0 Å². The number of pyridine rings is 1. The summed E-state index contributed by atoms with van der Waals surface area (Å²) in [5, 5.41) is 10.5. The smallest absolute Gasteiger partial charge is 0.255 e. The average Bonchev–Trinajstić information content (AvgIpc) is 3.36. The van der Waals surface area contributed by atoms with Gasteiger partial charge in [-0.3, -0.25) is 9.69 Å². The highest BCUT2D eigenvalue weighted by atomic mass is 32.1. The number of aromatic nitrogens is 5. The molecule has 2 aliphatic heterocycles. The van der Waals surface area contributed by atoms with E-state index in [0.717, 1.165) is 53.3 Å². The quantitative estimate of drug-likeness (QED) is 0.691. The summed E-state index contributed by atoms with van der Waals surface area (Å²) in [7, 11) is 2.02. The predicted octanol–water partition coefficient (Wildman–Crippen LogP) is 1.99. The standard InChI is InChI=1S/C20H25N7OS/c1-13-23-24-20(29-13)26-8-14-7-16(11-26)17-4-3-15(19(28)27(17)9-14)10-25(2)12-18-21-5-6-22-18/h3-6,14,16H,7-12H2,1-2H3,(H,21,22)/t14-,16+/m0/s1. The largest absolute Gasteiger partial charge is 0.348 e. The van der Waals surface area contributed by atoms with Gasteiger partial charge in [0.1, 0.15) is 10.8 Å². The van der Waals surface area contributed by atoms with Crippen LogP contribution in [-0.2, 0) is 19.6 Å². The van der Waals surface area contributed by atoms with E-state index < -0.39 is 0 Å². The van der Waals surface area contributed by atoms with E-state index in [0.29, 0.717) is 24.9 Å². The second-order valence-corrected chi connectivity index (χ2v) is 9.37. The predicted molar refractivity (Wildman–Crippen MR) is 112 cm³/mol. The molecule has 1 fully saturated rings. The molecule has 2 aliphatic rings. The Labute approximate surface area is 173 Å². The van der Waals surface area contributed by atoms with E-state index in [1.165, 1.54) is 0 Å². The normalized spacial score (nSPS) is 20.9. The monoisotopic (exact) mass is 411 g/mol. The van der Waals surface area contributed by atoms with E-state index in [1.807, 2.05) is 30.8 Å². The molecule has 3 aromatic heterocycles. The molecule has 0 radical (unpaired) electrons. The molecule has 0 spiro atoms. The molecule has 0 unspecified atom stereocenters. The molecule has 8 nitrogen and oxygen atoms in total. The SMILES string of the molecule is Cc1nnc(N2C[C@@H]3C[C@H](C2)c2ccc(CN(C)Cc4ncc[nH]4)c(=O)n2C3)s1. The molecule has 0 aromatic carbocycles. The van der Waals surface area contributed by atoms with Gasteiger partial charge in [-0.2, -0.15) is 0 Å². The highest BCUT2D eigenvalue weighted by Crippen LogP contribution is 2.37. The number of nitrogens with zero attached hydrogens (tertiary/aromatic N) is 6. The van der Waals surface area contributed by atoms with Crippen molar-refractivity contribution in [1.82, 2.24) is 29.6 Å². The Balaban J connectivity index is 1.36. The van der Waals surface area contributed by atoms with Crippen molar-refractivity contribution in [2.45, 2.75) is 38.9 Å². The fraction of sp³-hybridized carbons (Fsp3) is 0.500. The van der Waals surface area contributed by atoms with E-state index in [1.54, 1.807) is 17.5 Å². The van der Waals surface area contributed by atoms with E-state index in [4.69, 9.17) is 0 Å². The fourth-order valence-electron chi connectivity index (χ4n) is 4.67. The Morgan fingerprint density at radius 2 is 2.14 bits per heavy atom. The van der Waals surface area contributed by atoms with Gasteiger partial charge in [0.05, 0.1) is 6.54 Å². The summed E-state index contributed by atoms with van der Waals surface area (Å²) >= 11 is 1.65. The van der Waals surface area contributed by atoms with Gasteiger partial charge >= 0.3 is 0 Å². The van der Waals surface area contributed by atoms with E-state index in [9.17, 15) is 4.79 Å². The topological polar surface area (TPSA) is 82.9 Å². The first-order valence-electron chi connectivity index (χ1n) is 10.0. The molecule has 29 heavy (non-hydrogen) atoms. The maximum Gasteiger partial charge on any atom is 0.255 e.